The van der Waals surface area contributed by atoms with Crippen LogP contribution in [0.5, 0.6) is 0 Å². The number of aromatic nitrogens is 2. The predicted octanol–water partition coefficient (Wildman–Crippen LogP) is 0.942. The fraction of sp³-hybridized carbons (Fsp3) is 0.727. The molecule has 122 valence electrons. The molecule has 0 aliphatic carbocycles. The average Bonchev–Trinajstić information content (AvgIpc) is 2.87. The molecule has 0 radical (unpaired) electrons. The predicted molar refractivity (Wildman–Crippen MR) is 76.3 cm³/mol. The fourth-order valence-corrected chi connectivity index (χ4v) is 3.68. The normalized spacial score (nSPS) is 17.9. The van der Waals surface area contributed by atoms with Crippen LogP contribution in [0.15, 0.2) is 17.3 Å². The van der Waals surface area contributed by atoms with Crippen molar-refractivity contribution in [1.82, 2.24) is 19.4 Å². The quantitative estimate of drug-likeness (QED) is 0.863. The van der Waals surface area contributed by atoms with Crippen molar-refractivity contribution in [3.8, 4) is 0 Å². The highest BCUT2D eigenvalue weighted by Gasteiger charge is 2.30. The molecule has 2 heterocycles. The van der Waals surface area contributed by atoms with E-state index in [1.54, 1.807) is 0 Å². The highest BCUT2D eigenvalue weighted by atomic mass is 35.5. The molecule has 1 aromatic rings. The van der Waals surface area contributed by atoms with E-state index in [-0.39, 0.29) is 17.3 Å². The Hall–Kier alpha value is -0.770. The first-order valence-corrected chi connectivity index (χ1v) is 7.85. The number of nitrogens with zero attached hydrogens (tertiary/aromatic N) is 3. The van der Waals surface area contributed by atoms with Crippen LogP contribution in [-0.4, -0.2) is 55.1 Å². The first-order chi connectivity index (χ1) is 9.43. The first kappa shape index (κ1) is 18.3. The van der Waals surface area contributed by atoms with Crippen molar-refractivity contribution in [2.24, 2.45) is 0 Å². The van der Waals surface area contributed by atoms with Crippen molar-refractivity contribution in [2.45, 2.75) is 36.7 Å². The molecular weight excluding hydrogens is 326 g/mol. The number of nitrogens with one attached hydrogen (secondary N) is 1. The molecule has 1 aromatic heterocycles. The summed E-state index contributed by atoms with van der Waals surface area (Å²) in [5.41, 5.74) is 0. The molecule has 6 nitrogen and oxygen atoms in total. The molecule has 0 saturated carbocycles. The standard InChI is InChI=1S/C11H18F2N4O2S.ClH/c1-14-9-2-4-17(5-3-9)20(18,19)10-6-15-16(7-10)8-11(12)13;/h6-7,9,11,14H,2-5,8H2,1H3;1H. The Morgan fingerprint density at radius 1 is 1.43 bits per heavy atom. The minimum absolute atomic E-state index is 0. The molecule has 1 N–H and O–H groups in total. The highest BCUT2D eigenvalue weighted by Crippen LogP contribution is 2.20. The number of rotatable bonds is 5. The van der Waals surface area contributed by atoms with Crippen LogP contribution in [-0.2, 0) is 16.6 Å². The molecule has 10 heteroatoms. The van der Waals surface area contributed by atoms with E-state index in [0.717, 1.165) is 29.9 Å². The van der Waals surface area contributed by atoms with Gasteiger partial charge >= 0.3 is 0 Å². The van der Waals surface area contributed by atoms with Crippen LogP contribution >= 0.6 is 12.4 Å². The maximum absolute atomic E-state index is 12.3. The Morgan fingerprint density at radius 2 is 2.05 bits per heavy atom. The number of halogens is 3. The second-order valence-electron chi connectivity index (χ2n) is 4.76. The van der Waals surface area contributed by atoms with E-state index in [1.807, 2.05) is 7.05 Å². The third kappa shape index (κ3) is 4.35. The summed E-state index contributed by atoms with van der Waals surface area (Å²) in [7, 11) is -1.78. The number of piperidine rings is 1. The van der Waals surface area contributed by atoms with Crippen molar-refractivity contribution < 1.29 is 17.2 Å². The summed E-state index contributed by atoms with van der Waals surface area (Å²) in [5, 5.41) is 6.79. The minimum Gasteiger partial charge on any atom is -0.317 e. The summed E-state index contributed by atoms with van der Waals surface area (Å²) >= 11 is 0. The van der Waals surface area contributed by atoms with Gasteiger partial charge in [0.2, 0.25) is 10.0 Å². The third-order valence-corrected chi connectivity index (χ3v) is 5.29. The summed E-state index contributed by atoms with van der Waals surface area (Å²) in [6, 6.07) is 0.322. The monoisotopic (exact) mass is 344 g/mol. The van der Waals surface area contributed by atoms with Crippen LogP contribution in [0.25, 0.3) is 0 Å². The van der Waals surface area contributed by atoms with Crippen molar-refractivity contribution in [3.63, 3.8) is 0 Å². The summed E-state index contributed by atoms with van der Waals surface area (Å²) in [4.78, 5) is -0.0268. The van der Waals surface area contributed by atoms with Crippen molar-refractivity contribution in [3.05, 3.63) is 12.4 Å². The molecule has 0 aromatic carbocycles. The van der Waals surface area contributed by atoms with Crippen LogP contribution in [0.3, 0.4) is 0 Å². The first-order valence-electron chi connectivity index (χ1n) is 6.41. The highest BCUT2D eigenvalue weighted by molar-refractivity contribution is 7.89. The summed E-state index contributed by atoms with van der Waals surface area (Å²) in [6.07, 6.45) is 1.20. The van der Waals surface area contributed by atoms with Crippen LogP contribution in [0.2, 0.25) is 0 Å². The van der Waals surface area contributed by atoms with E-state index in [2.05, 4.69) is 10.4 Å². The van der Waals surface area contributed by atoms with Gasteiger partial charge < -0.3 is 5.32 Å². The molecule has 1 saturated heterocycles. The summed E-state index contributed by atoms with van der Waals surface area (Å²) < 4.78 is 51.5. The molecule has 1 aliphatic rings. The molecule has 0 atom stereocenters. The van der Waals surface area contributed by atoms with Crippen molar-refractivity contribution >= 4 is 22.4 Å². The van der Waals surface area contributed by atoms with E-state index < -0.39 is 23.0 Å². The van der Waals surface area contributed by atoms with Gasteiger partial charge in [0.05, 0.1) is 6.20 Å². The third-order valence-electron chi connectivity index (χ3n) is 3.43. The Bertz CT molecular complexity index is 544. The lowest BCUT2D eigenvalue weighted by atomic mass is 10.1. The SMILES string of the molecule is CNC1CCN(S(=O)(=O)c2cnn(CC(F)F)c2)CC1.Cl. The van der Waals surface area contributed by atoms with E-state index in [9.17, 15) is 17.2 Å². The van der Waals surface area contributed by atoms with E-state index in [4.69, 9.17) is 0 Å². The molecule has 21 heavy (non-hydrogen) atoms. The van der Waals surface area contributed by atoms with Gasteiger partial charge in [-0.25, -0.2) is 17.2 Å². The molecule has 0 amide bonds. The van der Waals surface area contributed by atoms with Gasteiger partial charge in [-0.3, -0.25) is 4.68 Å². The van der Waals surface area contributed by atoms with Gasteiger partial charge in [-0.2, -0.15) is 9.40 Å². The van der Waals surface area contributed by atoms with E-state index in [1.165, 1.54) is 4.31 Å². The smallest absolute Gasteiger partial charge is 0.257 e. The molecule has 1 fully saturated rings. The summed E-state index contributed by atoms with van der Waals surface area (Å²) in [5.74, 6) is 0. The zero-order chi connectivity index (χ0) is 14.8. The van der Waals surface area contributed by atoms with Gasteiger partial charge in [0.25, 0.3) is 6.43 Å². The molecule has 1 aliphatic heterocycles. The van der Waals surface area contributed by atoms with Gasteiger partial charge in [-0.1, -0.05) is 0 Å². The molecule has 2 rings (SSSR count). The fourth-order valence-electron chi connectivity index (χ4n) is 2.25. The van der Waals surface area contributed by atoms with Crippen LogP contribution in [0, 0.1) is 0 Å². The van der Waals surface area contributed by atoms with Gasteiger partial charge in [-0.05, 0) is 19.9 Å². The Balaban J connectivity index is 0.00000220. The van der Waals surface area contributed by atoms with Crippen molar-refractivity contribution in [2.75, 3.05) is 20.1 Å². The van der Waals surface area contributed by atoms with Crippen LogP contribution < -0.4 is 5.32 Å². The second kappa shape index (κ2) is 7.48. The van der Waals surface area contributed by atoms with Crippen LogP contribution in [0.1, 0.15) is 12.8 Å². The molecule has 0 unspecified atom stereocenters. The zero-order valence-corrected chi connectivity index (χ0v) is 13.2. The largest absolute Gasteiger partial charge is 0.317 e. The topological polar surface area (TPSA) is 67.2 Å². The maximum Gasteiger partial charge on any atom is 0.257 e. The van der Waals surface area contributed by atoms with E-state index >= 15 is 0 Å². The lowest BCUT2D eigenvalue weighted by Gasteiger charge is -2.30. The molecule has 0 bridgehead atoms. The molecular formula is C11H19ClF2N4O2S. The van der Waals surface area contributed by atoms with Gasteiger partial charge in [-0.15, -0.1) is 12.4 Å². The van der Waals surface area contributed by atoms with Gasteiger partial charge in [0.15, 0.2) is 0 Å². The number of sulfonamides is 1. The van der Waals surface area contributed by atoms with Crippen LogP contribution in [0.4, 0.5) is 8.78 Å². The summed E-state index contributed by atoms with van der Waals surface area (Å²) in [6.45, 7) is 0.249. The lowest BCUT2D eigenvalue weighted by Crippen LogP contribution is -2.43. The molecule has 0 spiro atoms. The number of alkyl halides is 2. The Kier molecular flexibility index (Phi) is 6.51. The van der Waals surface area contributed by atoms with Crippen molar-refractivity contribution in [1.29, 1.82) is 0 Å². The number of hydrogen-bond donors (Lipinski definition) is 1. The van der Waals surface area contributed by atoms with Gasteiger partial charge in [0.1, 0.15) is 11.4 Å². The lowest BCUT2D eigenvalue weighted by molar-refractivity contribution is 0.121. The second-order valence-corrected chi connectivity index (χ2v) is 6.69. The van der Waals surface area contributed by atoms with Gasteiger partial charge in [0, 0.05) is 25.3 Å². The Morgan fingerprint density at radius 3 is 2.57 bits per heavy atom. The number of hydrogen-bond acceptors (Lipinski definition) is 4. The average molecular weight is 345 g/mol. The zero-order valence-electron chi connectivity index (χ0n) is 11.6. The minimum atomic E-state index is -3.63. The Labute approximate surface area is 129 Å². The maximum atomic E-state index is 12.3. The van der Waals surface area contributed by atoms with E-state index in [0.29, 0.717) is 19.1 Å².